The van der Waals surface area contributed by atoms with Crippen molar-refractivity contribution in [1.82, 2.24) is 15.1 Å². The second kappa shape index (κ2) is 4.33. The first-order chi connectivity index (χ1) is 7.24. The third-order valence-electron chi connectivity index (χ3n) is 2.54. The molecule has 0 bridgehead atoms. The highest BCUT2D eigenvalue weighted by Gasteiger charge is 2.20. The van der Waals surface area contributed by atoms with Crippen LogP contribution in [-0.4, -0.2) is 22.2 Å². The molecule has 1 heterocycles. The van der Waals surface area contributed by atoms with Crippen LogP contribution >= 0.6 is 0 Å². The third-order valence-corrected chi connectivity index (χ3v) is 2.54. The normalized spacial score (nSPS) is 15.2. The van der Waals surface area contributed by atoms with E-state index in [1.165, 1.54) is 12.8 Å². The van der Waals surface area contributed by atoms with E-state index in [9.17, 15) is 4.79 Å². The Bertz CT molecular complexity index is 343. The number of carbonyl (C=O) groups excluding carboxylic acids is 1. The van der Waals surface area contributed by atoms with Crippen molar-refractivity contribution >= 4 is 11.7 Å². The van der Waals surface area contributed by atoms with Gasteiger partial charge in [-0.1, -0.05) is 12.8 Å². The molecular weight excluding hydrogens is 192 g/mol. The number of nitrogens with one attached hydrogen (secondary N) is 1. The summed E-state index contributed by atoms with van der Waals surface area (Å²) < 4.78 is 1.54. The lowest BCUT2D eigenvalue weighted by atomic mass is 10.3. The van der Waals surface area contributed by atoms with Crippen LogP contribution in [0, 0.1) is 5.92 Å². The van der Waals surface area contributed by atoms with Crippen molar-refractivity contribution in [3.8, 4) is 0 Å². The summed E-state index contributed by atoms with van der Waals surface area (Å²) in [7, 11) is 0. The minimum Gasteiger partial charge on any atom is -0.382 e. The summed E-state index contributed by atoms with van der Waals surface area (Å²) in [6.45, 7) is 1.03. The number of rotatable bonds is 5. The quantitative estimate of drug-likeness (QED) is 0.734. The van der Waals surface area contributed by atoms with Gasteiger partial charge < -0.3 is 11.1 Å². The second-order valence-corrected chi connectivity index (χ2v) is 4.02. The lowest BCUT2D eigenvalue weighted by Crippen LogP contribution is -2.28. The van der Waals surface area contributed by atoms with Gasteiger partial charge in [0.1, 0.15) is 12.4 Å². The summed E-state index contributed by atoms with van der Waals surface area (Å²) in [5, 5.41) is 6.81. The molecule has 1 aliphatic carbocycles. The van der Waals surface area contributed by atoms with Crippen LogP contribution in [0.1, 0.15) is 19.3 Å². The molecule has 0 spiro atoms. The molecular formula is C10H16N4O. The Morgan fingerprint density at radius 3 is 3.07 bits per heavy atom. The Labute approximate surface area is 88.6 Å². The predicted octanol–water partition coefficient (Wildman–Crippen LogP) is 0.382. The highest BCUT2D eigenvalue weighted by molar-refractivity contribution is 5.75. The van der Waals surface area contributed by atoms with E-state index in [2.05, 4.69) is 10.4 Å². The summed E-state index contributed by atoms with van der Waals surface area (Å²) in [6.07, 6.45) is 5.46. The molecule has 0 aromatic carbocycles. The van der Waals surface area contributed by atoms with Crippen LogP contribution in [0.3, 0.4) is 0 Å². The summed E-state index contributed by atoms with van der Waals surface area (Å²) in [4.78, 5) is 11.4. The molecule has 1 amide bonds. The van der Waals surface area contributed by atoms with Gasteiger partial charge in [0.15, 0.2) is 0 Å². The molecule has 0 atom stereocenters. The van der Waals surface area contributed by atoms with Gasteiger partial charge in [-0.3, -0.25) is 9.48 Å². The van der Waals surface area contributed by atoms with Gasteiger partial charge >= 0.3 is 0 Å². The topological polar surface area (TPSA) is 72.9 Å². The highest BCUT2D eigenvalue weighted by Crippen LogP contribution is 2.31. The highest BCUT2D eigenvalue weighted by atomic mass is 16.2. The number of carbonyl (C=O) groups is 1. The summed E-state index contributed by atoms with van der Waals surface area (Å²) in [5.74, 6) is 1.30. The Hall–Kier alpha value is -1.52. The molecule has 0 radical (unpaired) electrons. The predicted molar refractivity (Wildman–Crippen MR) is 57.0 cm³/mol. The van der Waals surface area contributed by atoms with Crippen molar-refractivity contribution in [3.05, 3.63) is 12.3 Å². The first kappa shape index (κ1) is 10.0. The maximum absolute atomic E-state index is 11.4. The van der Waals surface area contributed by atoms with Crippen LogP contribution < -0.4 is 11.1 Å². The van der Waals surface area contributed by atoms with E-state index in [4.69, 9.17) is 5.73 Å². The van der Waals surface area contributed by atoms with Crippen LogP contribution in [-0.2, 0) is 11.3 Å². The average Bonchev–Trinajstić information content (AvgIpc) is 2.91. The molecule has 3 N–H and O–H groups in total. The number of nitrogens with zero attached hydrogens (tertiary/aromatic N) is 2. The Morgan fingerprint density at radius 2 is 2.47 bits per heavy atom. The number of anilines is 1. The maximum Gasteiger partial charge on any atom is 0.241 e. The van der Waals surface area contributed by atoms with E-state index in [0.29, 0.717) is 5.82 Å². The van der Waals surface area contributed by atoms with Gasteiger partial charge in [-0.2, -0.15) is 5.10 Å². The Kier molecular flexibility index (Phi) is 2.89. The molecule has 5 heteroatoms. The standard InChI is InChI=1S/C10H16N4O/c11-9-4-6-14(13-9)7-10(15)12-5-3-8-1-2-8/h4,6,8H,1-3,5,7H2,(H2,11,13)(H,12,15). The number of amides is 1. The zero-order valence-corrected chi connectivity index (χ0v) is 8.65. The van der Waals surface area contributed by atoms with Crippen LogP contribution in [0.5, 0.6) is 0 Å². The largest absolute Gasteiger partial charge is 0.382 e. The number of nitrogens with two attached hydrogens (primary N) is 1. The van der Waals surface area contributed by atoms with Crippen molar-refractivity contribution in [2.24, 2.45) is 5.92 Å². The smallest absolute Gasteiger partial charge is 0.241 e. The van der Waals surface area contributed by atoms with Crippen molar-refractivity contribution in [1.29, 1.82) is 0 Å². The van der Waals surface area contributed by atoms with Crippen LogP contribution in [0.4, 0.5) is 5.82 Å². The van der Waals surface area contributed by atoms with Crippen LogP contribution in [0.25, 0.3) is 0 Å². The van der Waals surface area contributed by atoms with Crippen molar-refractivity contribution in [2.75, 3.05) is 12.3 Å². The zero-order valence-electron chi connectivity index (χ0n) is 8.65. The van der Waals surface area contributed by atoms with Gasteiger partial charge in [0.25, 0.3) is 0 Å². The van der Waals surface area contributed by atoms with E-state index in [1.54, 1.807) is 16.9 Å². The number of aromatic nitrogens is 2. The molecule has 5 nitrogen and oxygen atoms in total. The molecule has 0 unspecified atom stereocenters. The number of hydrogen-bond acceptors (Lipinski definition) is 3. The van der Waals surface area contributed by atoms with Crippen LogP contribution in [0.2, 0.25) is 0 Å². The fourth-order valence-electron chi connectivity index (χ4n) is 1.49. The molecule has 2 rings (SSSR count). The minimum atomic E-state index is -0.00116. The van der Waals surface area contributed by atoms with Crippen molar-refractivity contribution in [2.45, 2.75) is 25.8 Å². The minimum absolute atomic E-state index is 0.00116. The van der Waals surface area contributed by atoms with Gasteiger partial charge in [-0.25, -0.2) is 0 Å². The van der Waals surface area contributed by atoms with E-state index < -0.39 is 0 Å². The van der Waals surface area contributed by atoms with Gasteiger partial charge in [0.2, 0.25) is 5.91 Å². The molecule has 82 valence electrons. The van der Waals surface area contributed by atoms with E-state index in [-0.39, 0.29) is 12.5 Å². The molecule has 1 fully saturated rings. The molecule has 1 aliphatic rings. The third kappa shape index (κ3) is 3.27. The molecule has 1 aromatic rings. The first-order valence-corrected chi connectivity index (χ1v) is 5.29. The van der Waals surface area contributed by atoms with Gasteiger partial charge in [-0.05, 0) is 18.4 Å². The molecule has 15 heavy (non-hydrogen) atoms. The molecule has 0 saturated heterocycles. The van der Waals surface area contributed by atoms with Gasteiger partial charge in [0, 0.05) is 12.7 Å². The summed E-state index contributed by atoms with van der Waals surface area (Å²) in [6, 6.07) is 1.68. The maximum atomic E-state index is 11.4. The summed E-state index contributed by atoms with van der Waals surface area (Å²) >= 11 is 0. The first-order valence-electron chi connectivity index (χ1n) is 5.29. The zero-order chi connectivity index (χ0) is 10.7. The SMILES string of the molecule is Nc1ccn(CC(=O)NCCC2CC2)n1. The lowest BCUT2D eigenvalue weighted by molar-refractivity contribution is -0.121. The van der Waals surface area contributed by atoms with Gasteiger partial charge in [-0.15, -0.1) is 0 Å². The fraction of sp³-hybridized carbons (Fsp3) is 0.600. The Morgan fingerprint density at radius 1 is 1.67 bits per heavy atom. The molecule has 0 aliphatic heterocycles. The van der Waals surface area contributed by atoms with Crippen molar-refractivity contribution < 1.29 is 4.79 Å². The van der Waals surface area contributed by atoms with Gasteiger partial charge in [0.05, 0.1) is 0 Å². The number of hydrogen-bond donors (Lipinski definition) is 2. The molecule has 1 aromatic heterocycles. The lowest BCUT2D eigenvalue weighted by Gasteiger charge is -2.04. The number of nitrogen functional groups attached to an aromatic ring is 1. The fourth-order valence-corrected chi connectivity index (χ4v) is 1.49. The van der Waals surface area contributed by atoms with E-state index in [0.717, 1.165) is 18.9 Å². The second-order valence-electron chi connectivity index (χ2n) is 4.02. The molecule has 1 saturated carbocycles. The Balaban J connectivity index is 1.67. The van der Waals surface area contributed by atoms with E-state index in [1.807, 2.05) is 0 Å². The van der Waals surface area contributed by atoms with E-state index >= 15 is 0 Å². The monoisotopic (exact) mass is 208 g/mol. The van der Waals surface area contributed by atoms with Crippen LogP contribution in [0.15, 0.2) is 12.3 Å². The average molecular weight is 208 g/mol. The van der Waals surface area contributed by atoms with Crippen molar-refractivity contribution in [3.63, 3.8) is 0 Å². The summed E-state index contributed by atoms with van der Waals surface area (Å²) in [5.41, 5.74) is 5.44.